The number of amides is 1. The maximum Gasteiger partial charge on any atom is 0.273 e. The van der Waals surface area contributed by atoms with Gasteiger partial charge in [0.25, 0.3) is 5.91 Å². The number of hydrogen-bond donors (Lipinski definition) is 3. The molecule has 0 saturated carbocycles. The van der Waals surface area contributed by atoms with E-state index in [0.717, 1.165) is 5.56 Å². The van der Waals surface area contributed by atoms with Crippen LogP contribution < -0.4 is 14.8 Å². The number of H-pyrrole nitrogens is 1. The number of anilines is 1. The number of benzene rings is 2. The average Bonchev–Trinajstić information content (AvgIpc) is 3.26. The van der Waals surface area contributed by atoms with Crippen LogP contribution in [0.4, 0.5) is 5.69 Å². The van der Waals surface area contributed by atoms with Gasteiger partial charge in [-0.15, -0.1) is 0 Å². The van der Waals surface area contributed by atoms with Crippen LogP contribution >= 0.6 is 11.6 Å². The summed E-state index contributed by atoms with van der Waals surface area (Å²) in [5.74, 6) is 0.786. The third kappa shape index (κ3) is 2.97. The number of carbonyl (C=O) groups excluding carboxylic acids is 1. The van der Waals surface area contributed by atoms with Crippen LogP contribution in [-0.4, -0.2) is 28.0 Å². The SMILES string of the molecule is O=C(Nc1cc(Cl)ccc1O)c1cc(-c2ccc3c(c2)OCO3)n[nH]1. The van der Waals surface area contributed by atoms with Crippen LogP contribution in [0, 0.1) is 0 Å². The van der Waals surface area contributed by atoms with E-state index in [9.17, 15) is 9.90 Å². The molecule has 3 aromatic rings. The topological polar surface area (TPSA) is 96.5 Å². The standard InChI is InChI=1S/C17H12ClN3O4/c18-10-2-3-14(22)12(6-10)19-17(23)13-7-11(20-21-13)9-1-4-15-16(5-9)25-8-24-15/h1-7,22H,8H2,(H,19,23)(H,20,21). The first kappa shape index (κ1) is 15.3. The first-order valence-corrected chi connectivity index (χ1v) is 7.73. The van der Waals surface area contributed by atoms with Crippen molar-refractivity contribution in [2.45, 2.75) is 0 Å². The van der Waals surface area contributed by atoms with Crippen molar-refractivity contribution in [3.05, 3.63) is 53.2 Å². The molecule has 25 heavy (non-hydrogen) atoms. The molecule has 0 atom stereocenters. The number of aromatic hydroxyl groups is 1. The van der Waals surface area contributed by atoms with Crippen LogP contribution in [0.25, 0.3) is 11.3 Å². The number of rotatable bonds is 3. The molecule has 1 amide bonds. The second kappa shape index (κ2) is 6.03. The number of fused-ring (bicyclic) bond motifs is 1. The lowest BCUT2D eigenvalue weighted by Gasteiger charge is -2.06. The molecule has 8 heteroatoms. The number of halogens is 1. The number of phenolic OH excluding ortho intramolecular Hbond substituents is 1. The van der Waals surface area contributed by atoms with Crippen LogP contribution in [0.15, 0.2) is 42.5 Å². The molecular formula is C17H12ClN3O4. The van der Waals surface area contributed by atoms with Crippen molar-refractivity contribution in [3.63, 3.8) is 0 Å². The van der Waals surface area contributed by atoms with E-state index in [4.69, 9.17) is 21.1 Å². The van der Waals surface area contributed by atoms with Crippen LogP contribution in [0.5, 0.6) is 17.2 Å². The number of nitrogens with one attached hydrogen (secondary N) is 2. The van der Waals surface area contributed by atoms with Crippen molar-refractivity contribution in [3.8, 4) is 28.5 Å². The Morgan fingerprint density at radius 3 is 2.88 bits per heavy atom. The fourth-order valence-electron chi connectivity index (χ4n) is 2.44. The Balaban J connectivity index is 1.56. The number of hydrogen-bond acceptors (Lipinski definition) is 5. The van der Waals surface area contributed by atoms with E-state index in [1.807, 2.05) is 6.07 Å². The highest BCUT2D eigenvalue weighted by Crippen LogP contribution is 2.35. The summed E-state index contributed by atoms with van der Waals surface area (Å²) < 4.78 is 10.6. The molecule has 1 aromatic heterocycles. The van der Waals surface area contributed by atoms with E-state index in [0.29, 0.717) is 22.2 Å². The average molecular weight is 358 g/mol. The summed E-state index contributed by atoms with van der Waals surface area (Å²) in [6.07, 6.45) is 0. The lowest BCUT2D eigenvalue weighted by atomic mass is 10.1. The van der Waals surface area contributed by atoms with E-state index < -0.39 is 5.91 Å². The molecule has 7 nitrogen and oxygen atoms in total. The van der Waals surface area contributed by atoms with Gasteiger partial charge < -0.3 is 19.9 Å². The maximum absolute atomic E-state index is 12.3. The summed E-state index contributed by atoms with van der Waals surface area (Å²) in [6.45, 7) is 0.191. The van der Waals surface area contributed by atoms with Gasteiger partial charge in [0.1, 0.15) is 11.4 Å². The zero-order valence-corrected chi connectivity index (χ0v) is 13.5. The van der Waals surface area contributed by atoms with Crippen LogP contribution in [0.2, 0.25) is 5.02 Å². The summed E-state index contributed by atoms with van der Waals surface area (Å²) >= 11 is 5.87. The van der Waals surface area contributed by atoms with Crippen LogP contribution in [-0.2, 0) is 0 Å². The highest BCUT2D eigenvalue weighted by Gasteiger charge is 2.17. The predicted octanol–water partition coefficient (Wildman–Crippen LogP) is 3.42. The minimum absolute atomic E-state index is 0.0757. The van der Waals surface area contributed by atoms with Gasteiger partial charge in [0.15, 0.2) is 11.5 Å². The summed E-state index contributed by atoms with van der Waals surface area (Å²) in [6, 6.07) is 11.4. The number of carbonyl (C=O) groups is 1. The van der Waals surface area contributed by atoms with Crippen molar-refractivity contribution < 1.29 is 19.4 Å². The first-order chi connectivity index (χ1) is 12.1. The van der Waals surface area contributed by atoms with E-state index >= 15 is 0 Å². The molecule has 4 rings (SSSR count). The largest absolute Gasteiger partial charge is 0.506 e. The van der Waals surface area contributed by atoms with Gasteiger partial charge in [0, 0.05) is 10.6 Å². The first-order valence-electron chi connectivity index (χ1n) is 7.35. The lowest BCUT2D eigenvalue weighted by Crippen LogP contribution is -2.12. The van der Waals surface area contributed by atoms with E-state index in [-0.39, 0.29) is 23.9 Å². The van der Waals surface area contributed by atoms with Gasteiger partial charge in [-0.1, -0.05) is 11.6 Å². The van der Waals surface area contributed by atoms with Gasteiger partial charge >= 0.3 is 0 Å². The smallest absolute Gasteiger partial charge is 0.273 e. The zero-order chi connectivity index (χ0) is 17.4. The lowest BCUT2D eigenvalue weighted by molar-refractivity contribution is 0.102. The number of aromatic amines is 1. The third-order valence-electron chi connectivity index (χ3n) is 3.70. The van der Waals surface area contributed by atoms with Gasteiger partial charge in [-0.3, -0.25) is 9.89 Å². The normalized spacial score (nSPS) is 12.2. The number of ether oxygens (including phenoxy) is 2. The molecule has 3 N–H and O–H groups in total. The summed E-state index contributed by atoms with van der Waals surface area (Å²) in [4.78, 5) is 12.3. The number of nitrogens with zero attached hydrogens (tertiary/aromatic N) is 1. The van der Waals surface area contributed by atoms with Gasteiger partial charge in [0.05, 0.1) is 11.4 Å². The second-order valence-electron chi connectivity index (χ2n) is 5.35. The maximum atomic E-state index is 12.3. The molecule has 0 radical (unpaired) electrons. The Morgan fingerprint density at radius 2 is 2.00 bits per heavy atom. The molecule has 0 unspecified atom stereocenters. The number of aromatic nitrogens is 2. The molecule has 2 heterocycles. The Kier molecular flexibility index (Phi) is 3.70. The summed E-state index contributed by atoms with van der Waals surface area (Å²) in [5.41, 5.74) is 1.83. The zero-order valence-electron chi connectivity index (χ0n) is 12.7. The van der Waals surface area contributed by atoms with E-state index in [2.05, 4.69) is 15.5 Å². The predicted molar refractivity (Wildman–Crippen MR) is 91.2 cm³/mol. The quantitative estimate of drug-likeness (QED) is 0.624. The highest BCUT2D eigenvalue weighted by atomic mass is 35.5. The second-order valence-corrected chi connectivity index (χ2v) is 5.79. The molecule has 126 valence electrons. The van der Waals surface area contributed by atoms with Crippen molar-refractivity contribution in [1.29, 1.82) is 0 Å². The Bertz CT molecular complexity index is 970. The molecule has 0 aliphatic carbocycles. The fraction of sp³-hybridized carbons (Fsp3) is 0.0588. The molecule has 0 bridgehead atoms. The molecule has 0 fully saturated rings. The third-order valence-corrected chi connectivity index (χ3v) is 3.93. The van der Waals surface area contributed by atoms with E-state index in [1.54, 1.807) is 18.2 Å². The van der Waals surface area contributed by atoms with Gasteiger partial charge in [-0.05, 0) is 42.5 Å². The van der Waals surface area contributed by atoms with Gasteiger partial charge in [-0.25, -0.2) is 0 Å². The Morgan fingerprint density at radius 1 is 1.16 bits per heavy atom. The fourth-order valence-corrected chi connectivity index (χ4v) is 2.61. The molecule has 1 aliphatic rings. The minimum Gasteiger partial charge on any atom is -0.506 e. The molecular weight excluding hydrogens is 346 g/mol. The Labute approximate surface area is 147 Å². The summed E-state index contributed by atoms with van der Waals surface area (Å²) in [5, 5.41) is 19.6. The molecule has 0 saturated heterocycles. The molecule has 0 spiro atoms. The Hall–Kier alpha value is -3.19. The van der Waals surface area contributed by atoms with Gasteiger partial charge in [-0.2, -0.15) is 5.10 Å². The van der Waals surface area contributed by atoms with Crippen LogP contribution in [0.3, 0.4) is 0 Å². The van der Waals surface area contributed by atoms with Crippen molar-refractivity contribution in [2.75, 3.05) is 12.1 Å². The molecule has 1 aliphatic heterocycles. The van der Waals surface area contributed by atoms with Crippen LogP contribution in [0.1, 0.15) is 10.5 Å². The summed E-state index contributed by atoms with van der Waals surface area (Å²) in [7, 11) is 0. The monoisotopic (exact) mass is 357 g/mol. The molecule has 2 aromatic carbocycles. The van der Waals surface area contributed by atoms with Crippen molar-refractivity contribution >= 4 is 23.2 Å². The van der Waals surface area contributed by atoms with E-state index in [1.165, 1.54) is 18.2 Å². The highest BCUT2D eigenvalue weighted by molar-refractivity contribution is 6.31. The van der Waals surface area contributed by atoms with Crippen molar-refractivity contribution in [1.82, 2.24) is 10.2 Å². The minimum atomic E-state index is -0.447. The number of phenols is 1. The van der Waals surface area contributed by atoms with Gasteiger partial charge in [0.2, 0.25) is 6.79 Å². The van der Waals surface area contributed by atoms with Crippen molar-refractivity contribution in [2.24, 2.45) is 0 Å².